The zero-order valence-electron chi connectivity index (χ0n) is 17.7. The third kappa shape index (κ3) is 1.72. The fourth-order valence-corrected chi connectivity index (χ4v) is 8.24. The summed E-state index contributed by atoms with van der Waals surface area (Å²) in [5.74, 6) is 0.994. The average molecular weight is 408 g/mol. The molecular weight excluding hydrogens is 378 g/mol. The zero-order chi connectivity index (χ0) is 20.5. The molecule has 0 aromatic heterocycles. The molecule has 2 heterocycles. The number of ether oxygens (including phenoxy) is 2. The van der Waals surface area contributed by atoms with E-state index in [9.17, 15) is 9.90 Å². The number of rotatable bonds is 4. The zero-order valence-corrected chi connectivity index (χ0v) is 17.7. The molecule has 4 bridgehead atoms. The Hall–Kier alpha value is -1.85. The van der Waals surface area contributed by atoms with Crippen LogP contribution in [-0.4, -0.2) is 53.9 Å². The van der Waals surface area contributed by atoms with Crippen molar-refractivity contribution in [1.82, 2.24) is 4.90 Å². The predicted octanol–water partition coefficient (Wildman–Crippen LogP) is 3.22. The molecule has 3 fully saturated rings. The van der Waals surface area contributed by atoms with Gasteiger partial charge in [0.2, 0.25) is 0 Å². The molecular formula is C25H29NO4. The maximum atomic E-state index is 12.5. The van der Waals surface area contributed by atoms with Crippen molar-refractivity contribution in [3.05, 3.63) is 40.5 Å². The molecule has 1 saturated heterocycles. The van der Waals surface area contributed by atoms with Gasteiger partial charge in [0.15, 0.2) is 0 Å². The van der Waals surface area contributed by atoms with Gasteiger partial charge in [-0.25, -0.2) is 4.79 Å². The van der Waals surface area contributed by atoms with E-state index in [1.165, 1.54) is 24.0 Å². The first kappa shape index (κ1) is 17.8. The number of hydrogen-bond donors (Lipinski definition) is 1. The highest BCUT2D eigenvalue weighted by atomic mass is 16.6. The molecule has 1 N–H and O–H groups in total. The van der Waals surface area contributed by atoms with Gasteiger partial charge in [-0.05, 0) is 69.0 Å². The largest absolute Gasteiger partial charge is 0.485 e. The van der Waals surface area contributed by atoms with Gasteiger partial charge in [0.05, 0.1) is 11.0 Å². The van der Waals surface area contributed by atoms with E-state index in [2.05, 4.69) is 30.0 Å². The maximum absolute atomic E-state index is 12.5. The fourth-order valence-electron chi connectivity index (χ4n) is 8.24. The molecule has 158 valence electrons. The van der Waals surface area contributed by atoms with E-state index in [0.29, 0.717) is 11.6 Å². The molecule has 5 atom stereocenters. The first-order valence-corrected chi connectivity index (χ1v) is 11.5. The number of hydrogen-bond acceptors (Lipinski definition) is 4. The Morgan fingerprint density at radius 3 is 2.87 bits per heavy atom. The summed E-state index contributed by atoms with van der Waals surface area (Å²) in [7, 11) is 1.67. The molecule has 5 heteroatoms. The van der Waals surface area contributed by atoms with Crippen molar-refractivity contribution in [1.29, 1.82) is 0 Å². The number of carboxylic acid groups (broad SMARTS) is 1. The van der Waals surface area contributed by atoms with Crippen molar-refractivity contribution in [3.8, 4) is 5.75 Å². The van der Waals surface area contributed by atoms with E-state index < -0.39 is 11.6 Å². The lowest BCUT2D eigenvalue weighted by atomic mass is 9.38. The second kappa shape index (κ2) is 5.31. The standard InChI is InChI=1S/C25H29NO4/c1-14-3-6-16-11-18-23-7-8-25(29-2,17(12-23)21(27)28)22-24(23,19(16)20(14)30-22)9-10-26(18)13-15-4-5-15/h3,6,12,15,18,22H,4-5,7-11,13H2,1-2H3,(H,27,28)/t18-,22-,23-,24+,25-/m1/s1. The molecule has 0 radical (unpaired) electrons. The lowest BCUT2D eigenvalue weighted by Crippen LogP contribution is -2.78. The van der Waals surface area contributed by atoms with Crippen LogP contribution < -0.4 is 4.74 Å². The summed E-state index contributed by atoms with van der Waals surface area (Å²) < 4.78 is 12.9. The van der Waals surface area contributed by atoms with Gasteiger partial charge in [0.25, 0.3) is 0 Å². The van der Waals surface area contributed by atoms with E-state index in [0.717, 1.165) is 56.0 Å². The Balaban J connectivity index is 1.53. The van der Waals surface area contributed by atoms with E-state index in [1.54, 1.807) is 7.11 Å². The fraction of sp³-hybridized carbons (Fsp3) is 0.640. The number of likely N-dealkylation sites (tertiary alicyclic amines) is 1. The predicted molar refractivity (Wildman–Crippen MR) is 111 cm³/mol. The van der Waals surface area contributed by atoms with Crippen LogP contribution in [0.5, 0.6) is 5.75 Å². The van der Waals surface area contributed by atoms with Gasteiger partial charge in [-0.3, -0.25) is 4.90 Å². The summed E-state index contributed by atoms with van der Waals surface area (Å²) in [5.41, 5.74) is 3.19. The van der Waals surface area contributed by atoms with Crippen LogP contribution in [0.3, 0.4) is 0 Å². The number of nitrogens with zero attached hydrogens (tertiary/aromatic N) is 1. The van der Waals surface area contributed by atoms with E-state index >= 15 is 0 Å². The van der Waals surface area contributed by atoms with Crippen LogP contribution in [-0.2, 0) is 21.4 Å². The molecule has 1 aromatic rings. The summed E-state index contributed by atoms with van der Waals surface area (Å²) in [6.45, 7) is 4.36. The van der Waals surface area contributed by atoms with Crippen LogP contribution in [0.15, 0.2) is 23.8 Å². The first-order valence-electron chi connectivity index (χ1n) is 11.5. The van der Waals surface area contributed by atoms with Crippen LogP contribution in [0.4, 0.5) is 0 Å². The Bertz CT molecular complexity index is 1030. The second-order valence-electron chi connectivity index (χ2n) is 10.6. The van der Waals surface area contributed by atoms with E-state index in [4.69, 9.17) is 9.47 Å². The second-order valence-corrected chi connectivity index (χ2v) is 10.6. The summed E-state index contributed by atoms with van der Waals surface area (Å²) in [5, 5.41) is 10.2. The summed E-state index contributed by atoms with van der Waals surface area (Å²) >= 11 is 0. The summed E-state index contributed by atoms with van der Waals surface area (Å²) in [4.78, 5) is 15.2. The number of carboxylic acids is 1. The molecule has 30 heavy (non-hydrogen) atoms. The van der Waals surface area contributed by atoms with Crippen molar-refractivity contribution >= 4 is 5.97 Å². The summed E-state index contributed by atoms with van der Waals surface area (Å²) in [6, 6.07) is 4.85. The van der Waals surface area contributed by atoms with Crippen LogP contribution >= 0.6 is 0 Å². The van der Waals surface area contributed by atoms with E-state index in [1.807, 2.05) is 0 Å². The number of carbonyl (C=O) groups is 1. The van der Waals surface area contributed by atoms with Gasteiger partial charge >= 0.3 is 5.97 Å². The van der Waals surface area contributed by atoms with Gasteiger partial charge in [-0.1, -0.05) is 18.2 Å². The lowest BCUT2D eigenvalue weighted by molar-refractivity contribution is -0.199. The van der Waals surface area contributed by atoms with Gasteiger partial charge in [0.1, 0.15) is 17.5 Å². The number of methoxy groups -OCH3 is 1. The topological polar surface area (TPSA) is 59.0 Å². The maximum Gasteiger partial charge on any atom is 0.334 e. The van der Waals surface area contributed by atoms with Crippen molar-refractivity contribution in [2.75, 3.05) is 20.2 Å². The van der Waals surface area contributed by atoms with Gasteiger partial charge in [-0.15, -0.1) is 0 Å². The Morgan fingerprint density at radius 2 is 2.13 bits per heavy atom. The van der Waals surface area contributed by atoms with Crippen molar-refractivity contribution < 1.29 is 19.4 Å². The van der Waals surface area contributed by atoms with Gasteiger partial charge in [0, 0.05) is 30.7 Å². The number of fused-ring (bicyclic) bond motifs is 1. The molecule has 2 saturated carbocycles. The minimum absolute atomic E-state index is 0.167. The highest BCUT2D eigenvalue weighted by Crippen LogP contribution is 2.74. The average Bonchev–Trinajstić information content (AvgIpc) is 3.48. The molecule has 7 aliphatic rings. The molecule has 0 unspecified atom stereocenters. The number of aryl methyl sites for hydroxylation is 1. The normalized spacial score (nSPS) is 42.5. The van der Waals surface area contributed by atoms with E-state index in [-0.39, 0.29) is 16.9 Å². The smallest absolute Gasteiger partial charge is 0.334 e. The molecule has 2 spiro atoms. The molecule has 8 rings (SSSR count). The quantitative estimate of drug-likeness (QED) is 0.831. The molecule has 2 aliphatic heterocycles. The number of benzene rings is 1. The Kier molecular flexibility index (Phi) is 3.15. The van der Waals surface area contributed by atoms with Crippen molar-refractivity contribution in [2.24, 2.45) is 11.3 Å². The SMILES string of the molecule is CO[C@]12CC[C@@]3(C=C1C(=O)O)[C@H]1Cc4ccc(C)c5c4[C@@]3(CCN1CC1CC1)[C@H]2O5. The number of aliphatic carboxylic acids is 1. The Labute approximate surface area is 177 Å². The van der Waals surface area contributed by atoms with Crippen molar-refractivity contribution in [3.63, 3.8) is 0 Å². The van der Waals surface area contributed by atoms with Gasteiger partial charge in [-0.2, -0.15) is 0 Å². The molecule has 5 nitrogen and oxygen atoms in total. The van der Waals surface area contributed by atoms with Crippen LogP contribution in [0.2, 0.25) is 0 Å². The number of piperidine rings is 1. The highest BCUT2D eigenvalue weighted by molar-refractivity contribution is 5.91. The molecule has 0 amide bonds. The highest BCUT2D eigenvalue weighted by Gasteiger charge is 2.79. The van der Waals surface area contributed by atoms with Gasteiger partial charge < -0.3 is 14.6 Å². The minimum atomic E-state index is -0.864. The molecule has 5 aliphatic carbocycles. The monoisotopic (exact) mass is 407 g/mol. The third-order valence-electron chi connectivity index (χ3n) is 9.62. The summed E-state index contributed by atoms with van der Waals surface area (Å²) in [6.07, 6.45) is 8.33. The Morgan fingerprint density at radius 1 is 1.30 bits per heavy atom. The lowest BCUT2D eigenvalue weighted by Gasteiger charge is -2.70. The minimum Gasteiger partial charge on any atom is -0.485 e. The van der Waals surface area contributed by atoms with Crippen LogP contribution in [0.1, 0.15) is 48.8 Å². The third-order valence-corrected chi connectivity index (χ3v) is 9.62. The first-order chi connectivity index (χ1) is 14.5. The van der Waals surface area contributed by atoms with Crippen LogP contribution in [0, 0.1) is 18.3 Å². The van der Waals surface area contributed by atoms with Crippen molar-refractivity contribution in [2.45, 2.75) is 68.6 Å². The molecule has 1 aromatic carbocycles. The van der Waals surface area contributed by atoms with Crippen LogP contribution in [0.25, 0.3) is 0 Å².